The number of aromatic nitrogens is 2. The molecule has 1 aliphatic carbocycles. The summed E-state index contributed by atoms with van der Waals surface area (Å²) in [6, 6.07) is 74.4. The van der Waals surface area contributed by atoms with Crippen LogP contribution in [0.3, 0.4) is 0 Å². The van der Waals surface area contributed by atoms with E-state index in [1.165, 1.54) is 59.1 Å². The zero-order chi connectivity index (χ0) is 37.1. The van der Waals surface area contributed by atoms with E-state index in [4.69, 9.17) is 9.97 Å². The SMILES string of the molecule is c1ccc(-c2cccc(-c3cc(-c4ccc5c(c4)sc4ccccc45)nc(-c4cccc5c4-c4ccccc4C5(c4ccccc4)c4ccccc4)n3)c2)cc1. The number of hydrogen-bond acceptors (Lipinski definition) is 3. The Kier molecular flexibility index (Phi) is 7.61. The van der Waals surface area contributed by atoms with E-state index >= 15 is 0 Å². The average molecular weight is 731 g/mol. The Morgan fingerprint density at radius 3 is 1.68 bits per heavy atom. The second-order valence-electron chi connectivity index (χ2n) is 14.5. The topological polar surface area (TPSA) is 25.8 Å². The number of thiophene rings is 1. The molecule has 0 unspecified atom stereocenters. The molecule has 56 heavy (non-hydrogen) atoms. The van der Waals surface area contributed by atoms with Gasteiger partial charge in [0.15, 0.2) is 5.82 Å². The van der Waals surface area contributed by atoms with Gasteiger partial charge in [0.2, 0.25) is 0 Å². The maximum atomic E-state index is 5.48. The minimum absolute atomic E-state index is 0.513. The number of benzene rings is 8. The molecule has 0 saturated heterocycles. The highest BCUT2D eigenvalue weighted by atomic mass is 32.1. The normalized spacial score (nSPS) is 12.8. The Balaban J connectivity index is 1.17. The minimum atomic E-state index is -0.513. The number of hydrogen-bond donors (Lipinski definition) is 0. The molecule has 262 valence electrons. The molecule has 2 aromatic heterocycles. The van der Waals surface area contributed by atoms with E-state index in [1.54, 1.807) is 0 Å². The van der Waals surface area contributed by atoms with E-state index in [0.717, 1.165) is 33.6 Å². The van der Waals surface area contributed by atoms with Crippen LogP contribution in [0.5, 0.6) is 0 Å². The largest absolute Gasteiger partial charge is 0.228 e. The van der Waals surface area contributed by atoms with Crippen LogP contribution < -0.4 is 0 Å². The maximum Gasteiger partial charge on any atom is 0.161 e. The van der Waals surface area contributed by atoms with E-state index < -0.39 is 5.41 Å². The zero-order valence-electron chi connectivity index (χ0n) is 30.4. The molecule has 0 radical (unpaired) electrons. The van der Waals surface area contributed by atoms with Gasteiger partial charge >= 0.3 is 0 Å². The molecule has 1 aliphatic rings. The molecule has 11 rings (SSSR count). The molecule has 2 heterocycles. The van der Waals surface area contributed by atoms with Crippen molar-refractivity contribution in [2.45, 2.75) is 5.41 Å². The fourth-order valence-electron chi connectivity index (χ4n) is 8.92. The summed E-state index contributed by atoms with van der Waals surface area (Å²) in [5, 5.41) is 2.56. The fraction of sp³-hybridized carbons (Fsp3) is 0.0189. The molecule has 3 heteroatoms. The quantitative estimate of drug-likeness (QED) is 0.170. The number of rotatable bonds is 6. The van der Waals surface area contributed by atoms with Crippen molar-refractivity contribution in [1.82, 2.24) is 9.97 Å². The van der Waals surface area contributed by atoms with Gasteiger partial charge in [-0.15, -0.1) is 11.3 Å². The Labute approximate surface area is 330 Å². The van der Waals surface area contributed by atoms with E-state index in [0.29, 0.717) is 5.82 Å². The smallest absolute Gasteiger partial charge is 0.161 e. The lowest BCUT2D eigenvalue weighted by molar-refractivity contribution is 0.768. The van der Waals surface area contributed by atoms with Gasteiger partial charge in [0.25, 0.3) is 0 Å². The average Bonchev–Trinajstić information content (AvgIpc) is 3.81. The molecule has 0 aliphatic heterocycles. The van der Waals surface area contributed by atoms with Crippen molar-refractivity contribution >= 4 is 31.5 Å². The first kappa shape index (κ1) is 32.5. The highest BCUT2D eigenvalue weighted by Crippen LogP contribution is 2.58. The van der Waals surface area contributed by atoms with Crippen LogP contribution in [0, 0.1) is 0 Å². The third-order valence-electron chi connectivity index (χ3n) is 11.4. The molecular weight excluding hydrogens is 697 g/mol. The summed E-state index contributed by atoms with van der Waals surface area (Å²) in [5.74, 6) is 0.711. The van der Waals surface area contributed by atoms with Crippen molar-refractivity contribution in [2.24, 2.45) is 0 Å². The van der Waals surface area contributed by atoms with Crippen LogP contribution in [0.25, 0.3) is 76.3 Å². The molecule has 0 saturated carbocycles. The molecule has 0 fully saturated rings. The lowest BCUT2D eigenvalue weighted by Gasteiger charge is -2.33. The van der Waals surface area contributed by atoms with Crippen molar-refractivity contribution in [3.63, 3.8) is 0 Å². The molecule has 0 amide bonds. The van der Waals surface area contributed by atoms with Crippen LogP contribution in [0.4, 0.5) is 0 Å². The Bertz CT molecular complexity index is 3040. The van der Waals surface area contributed by atoms with Gasteiger partial charge in [-0.1, -0.05) is 182 Å². The molecule has 0 N–H and O–H groups in total. The minimum Gasteiger partial charge on any atom is -0.228 e. The van der Waals surface area contributed by atoms with Gasteiger partial charge in [-0.2, -0.15) is 0 Å². The van der Waals surface area contributed by atoms with Crippen LogP contribution in [0.2, 0.25) is 0 Å². The summed E-state index contributed by atoms with van der Waals surface area (Å²) in [7, 11) is 0. The lowest BCUT2D eigenvalue weighted by Crippen LogP contribution is -2.28. The molecule has 8 aromatic carbocycles. The predicted octanol–water partition coefficient (Wildman–Crippen LogP) is 13.9. The van der Waals surface area contributed by atoms with Gasteiger partial charge in [0.1, 0.15) is 0 Å². The zero-order valence-corrected chi connectivity index (χ0v) is 31.2. The second kappa shape index (κ2) is 13.1. The van der Waals surface area contributed by atoms with Gasteiger partial charge in [-0.05, 0) is 68.8 Å². The highest BCUT2D eigenvalue weighted by Gasteiger charge is 2.47. The van der Waals surface area contributed by atoms with E-state index in [2.05, 4.69) is 206 Å². The first-order valence-corrected chi connectivity index (χ1v) is 19.9. The molecule has 10 aromatic rings. The monoisotopic (exact) mass is 730 g/mol. The third-order valence-corrected chi connectivity index (χ3v) is 12.5. The first-order chi connectivity index (χ1) is 27.8. The standard InChI is InChI=1S/C53H34N2S/c1-4-16-35(17-5-1)36-18-14-19-37(32-36)47-34-48(38-30-31-42-41-24-11-13-29-49(41)56-50(42)33-38)55-52(54-47)44-26-15-28-46-51(44)43-25-10-12-27-45(43)53(46,39-20-6-2-7-21-39)40-22-8-3-9-23-40/h1-34H. The van der Waals surface area contributed by atoms with Gasteiger partial charge in [-0.3, -0.25) is 0 Å². The predicted molar refractivity (Wildman–Crippen MR) is 234 cm³/mol. The van der Waals surface area contributed by atoms with Crippen molar-refractivity contribution < 1.29 is 0 Å². The highest BCUT2D eigenvalue weighted by molar-refractivity contribution is 7.25. The summed E-state index contributed by atoms with van der Waals surface area (Å²) in [5.41, 5.74) is 14.1. The molecule has 2 nitrogen and oxygen atoms in total. The lowest BCUT2D eigenvalue weighted by atomic mass is 9.67. The molecule has 0 bridgehead atoms. The summed E-state index contributed by atoms with van der Waals surface area (Å²) >= 11 is 1.83. The second-order valence-corrected chi connectivity index (χ2v) is 15.6. The van der Waals surface area contributed by atoms with E-state index in [1.807, 2.05) is 11.3 Å². The maximum absolute atomic E-state index is 5.48. The molecule has 0 spiro atoms. The van der Waals surface area contributed by atoms with Crippen molar-refractivity contribution in [3.05, 3.63) is 229 Å². The third kappa shape index (κ3) is 5.09. The first-order valence-electron chi connectivity index (χ1n) is 19.1. The van der Waals surface area contributed by atoms with Crippen LogP contribution >= 0.6 is 11.3 Å². The van der Waals surface area contributed by atoms with Crippen LogP contribution in [-0.2, 0) is 5.41 Å². The van der Waals surface area contributed by atoms with Gasteiger partial charge in [0, 0.05) is 36.9 Å². The van der Waals surface area contributed by atoms with Crippen molar-refractivity contribution in [2.75, 3.05) is 0 Å². The summed E-state index contributed by atoms with van der Waals surface area (Å²) in [4.78, 5) is 10.9. The summed E-state index contributed by atoms with van der Waals surface area (Å²) in [6.07, 6.45) is 0. The Morgan fingerprint density at radius 2 is 0.911 bits per heavy atom. The van der Waals surface area contributed by atoms with Gasteiger partial charge in [-0.25, -0.2) is 9.97 Å². The summed E-state index contributed by atoms with van der Waals surface area (Å²) < 4.78 is 2.54. The molecular formula is C53H34N2S. The van der Waals surface area contributed by atoms with Crippen LogP contribution in [0.15, 0.2) is 206 Å². The van der Waals surface area contributed by atoms with Crippen molar-refractivity contribution in [3.8, 4) is 56.2 Å². The van der Waals surface area contributed by atoms with E-state index in [9.17, 15) is 0 Å². The Morgan fingerprint density at radius 1 is 0.357 bits per heavy atom. The molecule has 0 atom stereocenters. The number of fused-ring (bicyclic) bond motifs is 6. The van der Waals surface area contributed by atoms with E-state index in [-0.39, 0.29) is 0 Å². The Hall–Kier alpha value is -6.94. The van der Waals surface area contributed by atoms with Gasteiger partial charge < -0.3 is 0 Å². The van der Waals surface area contributed by atoms with Crippen molar-refractivity contribution in [1.29, 1.82) is 0 Å². The van der Waals surface area contributed by atoms with Crippen LogP contribution in [-0.4, -0.2) is 9.97 Å². The summed E-state index contributed by atoms with van der Waals surface area (Å²) in [6.45, 7) is 0. The van der Waals surface area contributed by atoms with Crippen LogP contribution in [0.1, 0.15) is 22.3 Å². The fourth-order valence-corrected chi connectivity index (χ4v) is 10.1. The van der Waals surface area contributed by atoms with Gasteiger partial charge in [0.05, 0.1) is 16.8 Å². The number of nitrogens with zero attached hydrogens (tertiary/aromatic N) is 2.